The molecule has 0 spiro atoms. The summed E-state index contributed by atoms with van der Waals surface area (Å²) < 4.78 is 42.4. The number of piperidine rings is 1. The molecule has 8 nitrogen and oxygen atoms in total. The number of likely N-dealkylation sites (tertiary alicyclic amines) is 1. The van der Waals surface area contributed by atoms with Gasteiger partial charge in [-0.15, -0.1) is 0 Å². The monoisotopic (exact) mass is 554 g/mol. The summed E-state index contributed by atoms with van der Waals surface area (Å²) in [6.07, 6.45) is 5.82. The number of anilines is 2. The number of allylic oxidation sites excluding steroid dienone is 3. The number of benzene rings is 1. The van der Waals surface area contributed by atoms with Crippen LogP contribution in [0.15, 0.2) is 87.8 Å². The standard InChI is InChI=1S/C27H31FN6O2S2/c1-4-22(17-20(2)28)30-26-9-13-29-27(32-26)31-23-5-7-25(8-6-23)38(35,36)34(18-21-12-16-37-19-21)24-10-14-33(3)15-11-24/h4-9,12-13,16-17,19,24H,1,10-11,14-15,18H2,2-3H3,(H,29,31,32). The van der Waals surface area contributed by atoms with E-state index in [0.29, 0.717) is 23.8 Å². The Morgan fingerprint density at radius 1 is 1.26 bits per heavy atom. The van der Waals surface area contributed by atoms with Gasteiger partial charge in [0.25, 0.3) is 0 Å². The fraction of sp³-hybridized carbons (Fsp3) is 0.296. The Bertz CT molecular complexity index is 1390. The molecule has 0 aliphatic carbocycles. The first-order valence-electron chi connectivity index (χ1n) is 12.2. The van der Waals surface area contributed by atoms with Crippen molar-refractivity contribution in [1.82, 2.24) is 19.2 Å². The summed E-state index contributed by atoms with van der Waals surface area (Å²) >= 11 is 1.56. The van der Waals surface area contributed by atoms with Gasteiger partial charge in [-0.05, 0) is 98.7 Å². The molecule has 4 rings (SSSR count). The molecule has 0 unspecified atom stereocenters. The number of nitrogens with one attached hydrogen (secondary N) is 1. The van der Waals surface area contributed by atoms with Crippen LogP contribution in [0.25, 0.3) is 0 Å². The first-order valence-corrected chi connectivity index (χ1v) is 14.6. The Hall–Kier alpha value is -3.25. The van der Waals surface area contributed by atoms with Gasteiger partial charge in [-0.3, -0.25) is 0 Å². The average molecular weight is 555 g/mol. The van der Waals surface area contributed by atoms with Gasteiger partial charge in [-0.2, -0.15) is 20.6 Å². The van der Waals surface area contributed by atoms with Gasteiger partial charge in [0.05, 0.1) is 16.4 Å². The van der Waals surface area contributed by atoms with E-state index in [1.54, 1.807) is 46.0 Å². The molecule has 38 heavy (non-hydrogen) atoms. The maximum Gasteiger partial charge on any atom is 0.243 e. The first-order chi connectivity index (χ1) is 18.2. The van der Waals surface area contributed by atoms with Gasteiger partial charge in [-0.25, -0.2) is 22.8 Å². The molecule has 0 radical (unpaired) electrons. The number of hydrogen-bond acceptors (Lipinski definition) is 8. The van der Waals surface area contributed by atoms with Gasteiger partial charge in [-0.1, -0.05) is 6.58 Å². The van der Waals surface area contributed by atoms with Gasteiger partial charge in [0.15, 0.2) is 5.82 Å². The Balaban J connectivity index is 1.53. The lowest BCUT2D eigenvalue weighted by atomic mass is 10.1. The third-order valence-electron chi connectivity index (χ3n) is 6.17. The highest BCUT2D eigenvalue weighted by molar-refractivity contribution is 7.89. The van der Waals surface area contributed by atoms with Crippen molar-refractivity contribution in [2.75, 3.05) is 25.5 Å². The van der Waals surface area contributed by atoms with E-state index >= 15 is 0 Å². The highest BCUT2D eigenvalue weighted by Crippen LogP contribution is 2.28. The average Bonchev–Trinajstić information content (AvgIpc) is 3.41. The van der Waals surface area contributed by atoms with Crippen molar-refractivity contribution < 1.29 is 12.8 Å². The molecule has 0 bridgehead atoms. The molecular formula is C27H31FN6O2S2. The molecule has 11 heteroatoms. The lowest BCUT2D eigenvalue weighted by Gasteiger charge is -2.36. The molecule has 1 fully saturated rings. The highest BCUT2D eigenvalue weighted by Gasteiger charge is 2.33. The minimum atomic E-state index is -3.72. The van der Waals surface area contributed by atoms with Crippen molar-refractivity contribution in [3.63, 3.8) is 0 Å². The third-order valence-corrected chi connectivity index (χ3v) is 8.82. The molecule has 1 aliphatic heterocycles. The minimum absolute atomic E-state index is 0.0536. The van der Waals surface area contributed by atoms with Crippen molar-refractivity contribution in [3.05, 3.63) is 83.5 Å². The summed E-state index contributed by atoms with van der Waals surface area (Å²) in [5, 5.41) is 7.03. The summed E-state index contributed by atoms with van der Waals surface area (Å²) in [5.41, 5.74) is 1.95. The van der Waals surface area contributed by atoms with Gasteiger partial charge in [0.2, 0.25) is 16.0 Å². The maximum atomic E-state index is 13.8. The molecule has 200 valence electrons. The molecule has 3 aromatic rings. The normalized spacial score (nSPS) is 16.1. The van der Waals surface area contributed by atoms with Gasteiger partial charge in [0.1, 0.15) is 0 Å². The first kappa shape index (κ1) is 27.8. The molecule has 1 aromatic carbocycles. The van der Waals surface area contributed by atoms with E-state index < -0.39 is 15.9 Å². The summed E-state index contributed by atoms with van der Waals surface area (Å²) in [6.45, 7) is 7.05. The number of aromatic nitrogens is 2. The van der Waals surface area contributed by atoms with Crippen LogP contribution in [0.1, 0.15) is 25.3 Å². The molecule has 0 saturated carbocycles. The van der Waals surface area contributed by atoms with Crippen LogP contribution in [0.5, 0.6) is 0 Å². The Morgan fingerprint density at radius 3 is 2.63 bits per heavy atom. The van der Waals surface area contributed by atoms with Crippen molar-refractivity contribution >= 4 is 44.5 Å². The van der Waals surface area contributed by atoms with Gasteiger partial charge >= 0.3 is 0 Å². The smallest absolute Gasteiger partial charge is 0.243 e. The second-order valence-electron chi connectivity index (χ2n) is 9.08. The van der Waals surface area contributed by atoms with Crippen LogP contribution in [0.2, 0.25) is 0 Å². The zero-order valence-electron chi connectivity index (χ0n) is 21.4. The van der Waals surface area contributed by atoms with E-state index in [2.05, 4.69) is 38.8 Å². The second-order valence-corrected chi connectivity index (χ2v) is 11.7. The van der Waals surface area contributed by atoms with E-state index in [-0.39, 0.29) is 16.9 Å². The van der Waals surface area contributed by atoms with Crippen LogP contribution in [0.3, 0.4) is 0 Å². The van der Waals surface area contributed by atoms with Crippen molar-refractivity contribution in [1.29, 1.82) is 0 Å². The van der Waals surface area contributed by atoms with Crippen LogP contribution in [-0.2, 0) is 16.6 Å². The van der Waals surface area contributed by atoms with Crippen LogP contribution in [0, 0.1) is 0 Å². The molecule has 1 N–H and O–H groups in total. The molecule has 0 amide bonds. The molecule has 2 aromatic heterocycles. The maximum absolute atomic E-state index is 13.8. The van der Waals surface area contributed by atoms with E-state index in [9.17, 15) is 12.8 Å². The number of nitrogens with zero attached hydrogens (tertiary/aromatic N) is 5. The van der Waals surface area contributed by atoms with E-state index in [4.69, 9.17) is 0 Å². The SMILES string of the molecule is C=CC(C=C(C)F)=Nc1ccnc(Nc2ccc(S(=O)(=O)N(Cc3ccsc3)C3CCN(C)CC3)cc2)n1. The number of sulfonamides is 1. The number of aliphatic imine (C=N–C) groups is 1. The summed E-state index contributed by atoms with van der Waals surface area (Å²) in [7, 11) is -1.66. The molecular weight excluding hydrogens is 523 g/mol. The zero-order chi connectivity index (χ0) is 27.1. The van der Waals surface area contributed by atoms with E-state index in [1.807, 2.05) is 16.8 Å². The van der Waals surface area contributed by atoms with Crippen LogP contribution < -0.4 is 5.32 Å². The van der Waals surface area contributed by atoms with E-state index in [0.717, 1.165) is 31.5 Å². The fourth-order valence-corrected chi connectivity index (χ4v) is 6.51. The topological polar surface area (TPSA) is 90.8 Å². The number of thiophene rings is 1. The number of halogens is 1. The van der Waals surface area contributed by atoms with Crippen molar-refractivity contribution in [2.45, 2.75) is 37.2 Å². The summed E-state index contributed by atoms with van der Waals surface area (Å²) in [5.74, 6) is 0.212. The van der Waals surface area contributed by atoms with Gasteiger partial charge < -0.3 is 10.2 Å². The molecule has 3 heterocycles. The lowest BCUT2D eigenvalue weighted by molar-refractivity contribution is 0.179. The number of rotatable bonds is 10. The Kier molecular flexibility index (Phi) is 9.16. The van der Waals surface area contributed by atoms with Crippen molar-refractivity contribution in [3.8, 4) is 0 Å². The summed E-state index contributed by atoms with van der Waals surface area (Å²) in [4.78, 5) is 15.3. The summed E-state index contributed by atoms with van der Waals surface area (Å²) in [6, 6.07) is 10.1. The largest absolute Gasteiger partial charge is 0.324 e. The van der Waals surface area contributed by atoms with Gasteiger partial charge in [0, 0.05) is 30.5 Å². The quantitative estimate of drug-likeness (QED) is 0.324. The molecule has 0 atom stereocenters. The molecule has 1 saturated heterocycles. The highest BCUT2D eigenvalue weighted by atomic mass is 32.2. The zero-order valence-corrected chi connectivity index (χ0v) is 23.1. The van der Waals surface area contributed by atoms with Crippen LogP contribution in [-0.4, -0.2) is 59.5 Å². The van der Waals surface area contributed by atoms with Crippen LogP contribution in [0.4, 0.5) is 21.8 Å². The fourth-order valence-electron chi connectivity index (χ4n) is 4.18. The lowest BCUT2D eigenvalue weighted by Crippen LogP contribution is -2.46. The van der Waals surface area contributed by atoms with Crippen LogP contribution >= 0.6 is 11.3 Å². The third kappa shape index (κ3) is 7.19. The number of hydrogen-bond donors (Lipinski definition) is 1. The predicted octanol–water partition coefficient (Wildman–Crippen LogP) is 5.70. The predicted molar refractivity (Wildman–Crippen MR) is 151 cm³/mol. The Labute approximate surface area is 227 Å². The van der Waals surface area contributed by atoms with E-state index in [1.165, 1.54) is 25.3 Å². The second kappa shape index (κ2) is 12.5. The van der Waals surface area contributed by atoms with Crippen molar-refractivity contribution in [2.24, 2.45) is 4.99 Å². The molecule has 1 aliphatic rings. The minimum Gasteiger partial charge on any atom is -0.324 e. The Morgan fingerprint density at radius 2 is 2.00 bits per heavy atom.